The van der Waals surface area contributed by atoms with Crippen LogP contribution in [0.2, 0.25) is 0 Å². The third-order valence-electron chi connectivity index (χ3n) is 3.74. The summed E-state index contributed by atoms with van der Waals surface area (Å²) in [6, 6.07) is 5.34. The molecule has 1 aliphatic rings. The van der Waals surface area contributed by atoms with Crippen molar-refractivity contribution in [2.75, 3.05) is 6.54 Å². The first kappa shape index (κ1) is 15.5. The SMILES string of the molecule is O=C(O)CC1(CNC(=O)c2ccc(Br)cc2Br)CCC1. The molecule has 0 spiro atoms. The van der Waals surface area contributed by atoms with Gasteiger partial charge in [0.05, 0.1) is 12.0 Å². The summed E-state index contributed by atoms with van der Waals surface area (Å²) in [5, 5.41) is 11.8. The minimum absolute atomic E-state index is 0.120. The molecule has 2 rings (SSSR count). The molecular formula is C14H15Br2NO3. The summed E-state index contributed by atoms with van der Waals surface area (Å²) in [7, 11) is 0. The van der Waals surface area contributed by atoms with E-state index in [4.69, 9.17) is 5.11 Å². The molecule has 1 aromatic carbocycles. The van der Waals surface area contributed by atoms with E-state index in [2.05, 4.69) is 37.2 Å². The quantitative estimate of drug-likeness (QED) is 0.787. The fourth-order valence-electron chi connectivity index (χ4n) is 2.45. The minimum atomic E-state index is -0.802. The van der Waals surface area contributed by atoms with Crippen LogP contribution in [-0.4, -0.2) is 23.5 Å². The van der Waals surface area contributed by atoms with Crippen LogP contribution in [0.15, 0.2) is 27.1 Å². The Morgan fingerprint density at radius 1 is 1.30 bits per heavy atom. The highest BCUT2D eigenvalue weighted by molar-refractivity contribution is 9.11. The lowest BCUT2D eigenvalue weighted by molar-refractivity contribution is -0.141. The standard InChI is InChI=1S/C14H15Br2NO3/c15-9-2-3-10(11(16)6-9)13(20)17-8-14(4-1-5-14)7-12(18)19/h2-3,6H,1,4-5,7-8H2,(H,17,20)(H,18,19). The Labute approximate surface area is 134 Å². The number of aliphatic carboxylic acids is 1. The van der Waals surface area contributed by atoms with Crippen molar-refractivity contribution in [1.29, 1.82) is 0 Å². The van der Waals surface area contributed by atoms with Gasteiger partial charge in [0, 0.05) is 15.5 Å². The minimum Gasteiger partial charge on any atom is -0.481 e. The number of carboxylic acid groups (broad SMARTS) is 1. The number of rotatable bonds is 5. The lowest BCUT2D eigenvalue weighted by atomic mass is 9.66. The van der Waals surface area contributed by atoms with Gasteiger partial charge >= 0.3 is 5.97 Å². The van der Waals surface area contributed by atoms with Crippen LogP contribution in [-0.2, 0) is 4.79 Å². The van der Waals surface area contributed by atoms with Gasteiger partial charge in [0.25, 0.3) is 5.91 Å². The molecule has 20 heavy (non-hydrogen) atoms. The maximum Gasteiger partial charge on any atom is 0.303 e. The molecular weight excluding hydrogens is 390 g/mol. The molecule has 108 valence electrons. The molecule has 0 unspecified atom stereocenters. The van der Waals surface area contributed by atoms with Gasteiger partial charge in [-0.25, -0.2) is 0 Å². The predicted octanol–water partition coefficient (Wildman–Crippen LogP) is 3.59. The molecule has 6 heteroatoms. The lowest BCUT2D eigenvalue weighted by Gasteiger charge is -2.40. The van der Waals surface area contributed by atoms with Crippen molar-refractivity contribution in [2.24, 2.45) is 5.41 Å². The summed E-state index contributed by atoms with van der Waals surface area (Å²) < 4.78 is 1.60. The highest BCUT2D eigenvalue weighted by atomic mass is 79.9. The first-order chi connectivity index (χ1) is 9.42. The average molecular weight is 405 g/mol. The maximum atomic E-state index is 12.1. The first-order valence-corrected chi connectivity index (χ1v) is 7.96. The Morgan fingerprint density at radius 2 is 2.00 bits per heavy atom. The van der Waals surface area contributed by atoms with Gasteiger partial charge < -0.3 is 10.4 Å². The number of carbonyl (C=O) groups excluding carboxylic acids is 1. The van der Waals surface area contributed by atoms with Crippen LogP contribution in [0.4, 0.5) is 0 Å². The molecule has 0 saturated heterocycles. The van der Waals surface area contributed by atoms with Crippen LogP contribution < -0.4 is 5.32 Å². The summed E-state index contributed by atoms with van der Waals surface area (Å²) in [6.07, 6.45) is 2.88. The van der Waals surface area contributed by atoms with Gasteiger partial charge in [-0.15, -0.1) is 0 Å². The van der Waals surface area contributed by atoms with Gasteiger partial charge in [0.15, 0.2) is 0 Å². The van der Waals surface area contributed by atoms with Crippen LogP contribution in [0.1, 0.15) is 36.0 Å². The summed E-state index contributed by atoms with van der Waals surface area (Å²) in [5.41, 5.74) is 0.293. The van der Waals surface area contributed by atoms with Gasteiger partial charge in [-0.05, 0) is 52.4 Å². The molecule has 1 fully saturated rings. The number of carbonyl (C=O) groups is 2. The van der Waals surface area contributed by atoms with E-state index in [-0.39, 0.29) is 17.7 Å². The van der Waals surface area contributed by atoms with E-state index in [9.17, 15) is 9.59 Å². The van der Waals surface area contributed by atoms with Crippen LogP contribution in [0, 0.1) is 5.41 Å². The molecule has 0 aromatic heterocycles. The van der Waals surface area contributed by atoms with Crippen LogP contribution in [0.25, 0.3) is 0 Å². The molecule has 1 aromatic rings. The molecule has 0 aliphatic heterocycles. The van der Waals surface area contributed by atoms with Gasteiger partial charge in [-0.2, -0.15) is 0 Å². The number of hydrogen-bond donors (Lipinski definition) is 2. The zero-order valence-corrected chi connectivity index (χ0v) is 14.0. The fraction of sp³-hybridized carbons (Fsp3) is 0.429. The van der Waals surface area contributed by atoms with E-state index >= 15 is 0 Å². The predicted molar refractivity (Wildman–Crippen MR) is 82.7 cm³/mol. The number of halogens is 2. The second kappa shape index (κ2) is 6.26. The molecule has 1 aliphatic carbocycles. The molecule has 2 N–H and O–H groups in total. The van der Waals surface area contributed by atoms with Crippen molar-refractivity contribution in [3.05, 3.63) is 32.7 Å². The molecule has 0 atom stereocenters. The van der Waals surface area contributed by atoms with E-state index in [1.807, 2.05) is 6.07 Å². The molecule has 0 radical (unpaired) electrons. The normalized spacial score (nSPS) is 16.3. The monoisotopic (exact) mass is 403 g/mol. The van der Waals surface area contributed by atoms with Crippen LogP contribution in [0.3, 0.4) is 0 Å². The topological polar surface area (TPSA) is 66.4 Å². The molecule has 4 nitrogen and oxygen atoms in total. The Kier molecular flexibility index (Phi) is 4.86. The maximum absolute atomic E-state index is 12.1. The summed E-state index contributed by atoms with van der Waals surface area (Å²) >= 11 is 6.69. The van der Waals surface area contributed by atoms with Gasteiger partial charge in [0.1, 0.15) is 0 Å². The van der Waals surface area contributed by atoms with E-state index in [1.54, 1.807) is 12.1 Å². The van der Waals surface area contributed by atoms with Gasteiger partial charge in [-0.1, -0.05) is 22.4 Å². The van der Waals surface area contributed by atoms with Crippen molar-refractivity contribution < 1.29 is 14.7 Å². The summed E-state index contributed by atoms with van der Waals surface area (Å²) in [4.78, 5) is 23.0. The molecule has 0 heterocycles. The summed E-state index contributed by atoms with van der Waals surface area (Å²) in [5.74, 6) is -0.982. The number of nitrogens with one attached hydrogen (secondary N) is 1. The second-order valence-electron chi connectivity index (χ2n) is 5.23. The van der Waals surface area contributed by atoms with E-state index < -0.39 is 5.97 Å². The Balaban J connectivity index is 1.99. The number of carboxylic acids is 1. The first-order valence-electron chi connectivity index (χ1n) is 6.37. The second-order valence-corrected chi connectivity index (χ2v) is 7.00. The van der Waals surface area contributed by atoms with Crippen molar-refractivity contribution >= 4 is 43.7 Å². The Bertz CT molecular complexity index is 541. The number of benzene rings is 1. The molecule has 1 saturated carbocycles. The largest absolute Gasteiger partial charge is 0.481 e. The highest BCUT2D eigenvalue weighted by Crippen LogP contribution is 2.43. The van der Waals surface area contributed by atoms with Crippen molar-refractivity contribution in [2.45, 2.75) is 25.7 Å². The fourth-order valence-corrected chi connectivity index (χ4v) is 3.68. The highest BCUT2D eigenvalue weighted by Gasteiger charge is 2.39. The van der Waals surface area contributed by atoms with Crippen molar-refractivity contribution in [1.82, 2.24) is 5.32 Å². The van der Waals surface area contributed by atoms with E-state index in [0.29, 0.717) is 16.6 Å². The zero-order valence-electron chi connectivity index (χ0n) is 10.8. The third kappa shape index (κ3) is 3.61. The summed E-state index contributed by atoms with van der Waals surface area (Å²) in [6.45, 7) is 0.417. The molecule has 0 bridgehead atoms. The van der Waals surface area contributed by atoms with Gasteiger partial charge in [0.2, 0.25) is 0 Å². The molecule has 1 amide bonds. The van der Waals surface area contributed by atoms with Crippen molar-refractivity contribution in [3.8, 4) is 0 Å². The van der Waals surface area contributed by atoms with E-state index in [0.717, 1.165) is 23.7 Å². The number of hydrogen-bond acceptors (Lipinski definition) is 2. The number of amides is 1. The van der Waals surface area contributed by atoms with E-state index in [1.165, 1.54) is 0 Å². The smallest absolute Gasteiger partial charge is 0.303 e. The lowest BCUT2D eigenvalue weighted by Crippen LogP contribution is -2.43. The average Bonchev–Trinajstić information content (AvgIpc) is 2.31. The zero-order chi connectivity index (χ0) is 14.8. The van der Waals surface area contributed by atoms with Crippen molar-refractivity contribution in [3.63, 3.8) is 0 Å². The Hall–Kier alpha value is -0.880. The van der Waals surface area contributed by atoms with Gasteiger partial charge in [-0.3, -0.25) is 9.59 Å². The van der Waals surface area contributed by atoms with Crippen LogP contribution >= 0.6 is 31.9 Å². The Morgan fingerprint density at radius 3 is 2.50 bits per heavy atom. The third-order valence-corrected chi connectivity index (χ3v) is 4.89. The van der Waals surface area contributed by atoms with Crippen LogP contribution in [0.5, 0.6) is 0 Å².